The molecule has 2 rings (SSSR count). The summed E-state index contributed by atoms with van der Waals surface area (Å²) in [6.45, 7) is 0.669. The quantitative estimate of drug-likeness (QED) is 0.575. The van der Waals surface area contributed by atoms with Gasteiger partial charge in [0.25, 0.3) is 6.17 Å². The Labute approximate surface area is 86.9 Å². The van der Waals surface area contributed by atoms with Crippen molar-refractivity contribution in [2.45, 2.75) is 19.0 Å². The van der Waals surface area contributed by atoms with Crippen molar-refractivity contribution in [3.63, 3.8) is 0 Å². The molecule has 1 fully saturated rings. The van der Waals surface area contributed by atoms with E-state index < -0.39 is 6.17 Å². The molecule has 1 aliphatic rings. The summed E-state index contributed by atoms with van der Waals surface area (Å²) in [5, 5.41) is 10.8. The van der Waals surface area contributed by atoms with Gasteiger partial charge in [-0.05, 0) is 18.6 Å². The van der Waals surface area contributed by atoms with Crippen LogP contribution in [0, 0.1) is 10.1 Å². The first-order valence-electron chi connectivity index (χ1n) is 4.81. The van der Waals surface area contributed by atoms with E-state index in [1.807, 2.05) is 0 Å². The van der Waals surface area contributed by atoms with Crippen LogP contribution in [0.25, 0.3) is 0 Å². The van der Waals surface area contributed by atoms with Gasteiger partial charge in [0, 0.05) is 17.9 Å². The molecule has 0 aromatic carbocycles. The highest BCUT2D eigenvalue weighted by Crippen LogP contribution is 2.24. The lowest BCUT2D eigenvalue weighted by molar-refractivity contribution is -0.519. The Morgan fingerprint density at radius 1 is 1.60 bits per heavy atom. The van der Waals surface area contributed by atoms with Gasteiger partial charge in [0.2, 0.25) is 0 Å². The van der Waals surface area contributed by atoms with E-state index in [0.717, 1.165) is 6.42 Å². The Morgan fingerprint density at radius 3 is 3.07 bits per heavy atom. The fourth-order valence-corrected chi connectivity index (χ4v) is 1.84. The second kappa shape index (κ2) is 3.72. The summed E-state index contributed by atoms with van der Waals surface area (Å²) in [6.07, 6.45) is 0.741. The second-order valence-electron chi connectivity index (χ2n) is 3.52. The van der Waals surface area contributed by atoms with Crippen LogP contribution in [0.15, 0.2) is 18.2 Å². The molecule has 1 saturated heterocycles. The summed E-state index contributed by atoms with van der Waals surface area (Å²) >= 11 is 0. The van der Waals surface area contributed by atoms with Gasteiger partial charge in [-0.3, -0.25) is 15.0 Å². The molecule has 1 aliphatic heterocycles. The van der Waals surface area contributed by atoms with Gasteiger partial charge in [0.1, 0.15) is 11.6 Å². The fraction of sp³-hybridized carbons (Fsp3) is 0.444. The minimum Gasteiger partial charge on any atom is -0.384 e. The minimum absolute atomic E-state index is 0.266. The summed E-state index contributed by atoms with van der Waals surface area (Å²) in [6, 6.07) is 5.17. The zero-order chi connectivity index (χ0) is 10.8. The van der Waals surface area contributed by atoms with E-state index in [0.29, 0.717) is 24.6 Å². The molecule has 0 radical (unpaired) electrons. The van der Waals surface area contributed by atoms with Crippen LogP contribution in [0.2, 0.25) is 0 Å². The van der Waals surface area contributed by atoms with E-state index in [2.05, 4.69) is 4.98 Å². The molecule has 1 aromatic heterocycles. The Morgan fingerprint density at radius 2 is 2.40 bits per heavy atom. The Hall–Kier alpha value is -1.85. The van der Waals surface area contributed by atoms with Crippen LogP contribution in [-0.4, -0.2) is 22.6 Å². The van der Waals surface area contributed by atoms with E-state index >= 15 is 0 Å². The van der Waals surface area contributed by atoms with Gasteiger partial charge in [-0.2, -0.15) is 0 Å². The molecule has 0 amide bonds. The molecule has 0 bridgehead atoms. The third-order valence-electron chi connectivity index (χ3n) is 2.51. The van der Waals surface area contributed by atoms with Crippen LogP contribution in [-0.2, 0) is 0 Å². The molecule has 80 valence electrons. The predicted octanol–water partition coefficient (Wildman–Crippen LogP) is 0.867. The fourth-order valence-electron chi connectivity index (χ4n) is 1.84. The molecule has 1 aromatic rings. The number of rotatable bonds is 2. The normalized spacial score (nSPS) is 20.5. The lowest BCUT2D eigenvalue weighted by Crippen LogP contribution is -2.36. The lowest BCUT2D eigenvalue weighted by atomic mass is 10.3. The van der Waals surface area contributed by atoms with Gasteiger partial charge in [-0.1, -0.05) is 6.07 Å². The van der Waals surface area contributed by atoms with E-state index in [1.54, 1.807) is 23.1 Å². The average Bonchev–Trinajstić information content (AvgIpc) is 2.65. The van der Waals surface area contributed by atoms with Crippen LogP contribution >= 0.6 is 0 Å². The summed E-state index contributed by atoms with van der Waals surface area (Å²) in [4.78, 5) is 16.3. The number of pyridine rings is 1. The van der Waals surface area contributed by atoms with Crippen molar-refractivity contribution in [3.8, 4) is 0 Å². The lowest BCUT2D eigenvalue weighted by Gasteiger charge is -2.19. The molecule has 2 N–H and O–H groups in total. The second-order valence-corrected chi connectivity index (χ2v) is 3.52. The molecule has 6 nitrogen and oxygen atoms in total. The molecule has 2 heterocycles. The van der Waals surface area contributed by atoms with E-state index in [1.165, 1.54) is 0 Å². The van der Waals surface area contributed by atoms with E-state index in [9.17, 15) is 10.1 Å². The largest absolute Gasteiger partial charge is 0.384 e. The molecular weight excluding hydrogens is 196 g/mol. The average molecular weight is 208 g/mol. The topological polar surface area (TPSA) is 85.3 Å². The maximum absolute atomic E-state index is 10.8. The monoisotopic (exact) mass is 208 g/mol. The summed E-state index contributed by atoms with van der Waals surface area (Å²) in [5.41, 5.74) is 5.54. The van der Waals surface area contributed by atoms with Crippen molar-refractivity contribution in [1.82, 2.24) is 4.98 Å². The number of anilines is 2. The van der Waals surface area contributed by atoms with E-state index in [4.69, 9.17) is 5.73 Å². The maximum Gasteiger partial charge on any atom is 0.288 e. The predicted molar refractivity (Wildman–Crippen MR) is 56.0 cm³/mol. The summed E-state index contributed by atoms with van der Waals surface area (Å²) in [5.74, 6) is 0.982. The molecule has 1 atom stereocenters. The number of nitro groups is 1. The third-order valence-corrected chi connectivity index (χ3v) is 2.51. The molecule has 0 saturated carbocycles. The minimum atomic E-state index is -0.653. The Bertz CT molecular complexity index is 382. The molecule has 0 aliphatic carbocycles. The molecule has 0 spiro atoms. The van der Waals surface area contributed by atoms with Crippen molar-refractivity contribution in [2.75, 3.05) is 17.2 Å². The van der Waals surface area contributed by atoms with Crippen molar-refractivity contribution >= 4 is 11.6 Å². The highest BCUT2D eigenvalue weighted by atomic mass is 16.6. The van der Waals surface area contributed by atoms with Gasteiger partial charge in [-0.25, -0.2) is 4.98 Å². The SMILES string of the molecule is Nc1cccc(N2CCCC2[N+](=O)[O-])n1. The van der Waals surface area contributed by atoms with Gasteiger partial charge in [0.15, 0.2) is 0 Å². The Kier molecular flexibility index (Phi) is 2.40. The standard InChI is InChI=1S/C9H12N4O2/c10-7-3-1-4-8(11-7)12-6-2-5-9(12)13(14)15/h1,3-4,9H,2,5-6H2,(H2,10,11). The number of aromatic nitrogens is 1. The van der Waals surface area contributed by atoms with E-state index in [-0.39, 0.29) is 4.92 Å². The molecule has 1 unspecified atom stereocenters. The van der Waals surface area contributed by atoms with Crippen molar-refractivity contribution in [3.05, 3.63) is 28.3 Å². The number of hydrogen-bond donors (Lipinski definition) is 1. The Balaban J connectivity index is 2.26. The smallest absolute Gasteiger partial charge is 0.288 e. The van der Waals surface area contributed by atoms with Crippen LogP contribution in [0.5, 0.6) is 0 Å². The van der Waals surface area contributed by atoms with Crippen LogP contribution in [0.1, 0.15) is 12.8 Å². The summed E-state index contributed by atoms with van der Waals surface area (Å²) < 4.78 is 0. The number of nitrogens with two attached hydrogens (primary N) is 1. The zero-order valence-electron chi connectivity index (χ0n) is 8.17. The van der Waals surface area contributed by atoms with Crippen molar-refractivity contribution < 1.29 is 4.92 Å². The maximum atomic E-state index is 10.8. The highest BCUT2D eigenvalue weighted by Gasteiger charge is 2.34. The van der Waals surface area contributed by atoms with Crippen LogP contribution < -0.4 is 10.6 Å². The first-order valence-corrected chi connectivity index (χ1v) is 4.81. The molecular formula is C9H12N4O2. The first kappa shape index (κ1) is 9.70. The van der Waals surface area contributed by atoms with Gasteiger partial charge < -0.3 is 5.73 Å². The molecule has 15 heavy (non-hydrogen) atoms. The molecule has 6 heteroatoms. The number of nitrogens with zero attached hydrogens (tertiary/aromatic N) is 3. The van der Waals surface area contributed by atoms with Crippen molar-refractivity contribution in [2.24, 2.45) is 0 Å². The van der Waals surface area contributed by atoms with Gasteiger partial charge in [0.05, 0.1) is 0 Å². The number of nitrogen functional groups attached to an aromatic ring is 1. The van der Waals surface area contributed by atoms with Gasteiger partial charge in [-0.15, -0.1) is 0 Å². The van der Waals surface area contributed by atoms with Crippen LogP contribution in [0.3, 0.4) is 0 Å². The highest BCUT2D eigenvalue weighted by molar-refractivity contribution is 5.45. The van der Waals surface area contributed by atoms with Crippen LogP contribution in [0.4, 0.5) is 11.6 Å². The third kappa shape index (κ3) is 1.83. The zero-order valence-corrected chi connectivity index (χ0v) is 8.17. The van der Waals surface area contributed by atoms with Crippen molar-refractivity contribution in [1.29, 1.82) is 0 Å². The first-order chi connectivity index (χ1) is 7.18. The number of hydrogen-bond acceptors (Lipinski definition) is 5. The van der Waals surface area contributed by atoms with Gasteiger partial charge >= 0.3 is 0 Å². The summed E-state index contributed by atoms with van der Waals surface area (Å²) in [7, 11) is 0.